The number of unbranched alkanes of at least 4 members (excludes halogenated alkanes) is 28. The molecule has 0 radical (unpaired) electrons. The molecule has 0 aromatic carbocycles. The van der Waals surface area contributed by atoms with Gasteiger partial charge in [-0.25, -0.2) is 0 Å². The van der Waals surface area contributed by atoms with Gasteiger partial charge in [0.2, 0.25) is 5.91 Å². The van der Waals surface area contributed by atoms with Gasteiger partial charge in [0.15, 0.2) is 0 Å². The van der Waals surface area contributed by atoms with Crippen LogP contribution in [0.1, 0.15) is 290 Å². The third-order valence-electron chi connectivity index (χ3n) is 15.5. The van der Waals surface area contributed by atoms with Crippen molar-refractivity contribution < 1.29 is 32.9 Å². The van der Waals surface area contributed by atoms with Gasteiger partial charge in [-0.3, -0.25) is 9.36 Å². The van der Waals surface area contributed by atoms with E-state index in [1.165, 1.54) is 141 Å². The Morgan fingerprint density at radius 2 is 0.685 bits per heavy atom. The maximum atomic E-state index is 13.0. The maximum absolute atomic E-state index is 13.0. The molecule has 0 spiro atoms. The van der Waals surface area contributed by atoms with Gasteiger partial charge in [-0.05, 0) is 109 Å². The van der Waals surface area contributed by atoms with Crippen LogP contribution in [0.2, 0.25) is 0 Å². The average Bonchev–Trinajstić information content (AvgIpc) is 3.61. The number of quaternary nitrogens is 1. The molecular weight excluding hydrogens is 1120 g/mol. The van der Waals surface area contributed by atoms with Crippen molar-refractivity contribution in [2.75, 3.05) is 40.9 Å². The fraction of sp³-hybridized carbons (Fsp3) is 0.662. The van der Waals surface area contributed by atoms with Crippen molar-refractivity contribution in [3.05, 3.63) is 158 Å². The normalized spacial score (nSPS) is 14.6. The lowest BCUT2D eigenvalue weighted by atomic mass is 10.0. The molecule has 3 atom stereocenters. The summed E-state index contributed by atoms with van der Waals surface area (Å²) in [5.41, 5.74) is 0. The summed E-state index contributed by atoms with van der Waals surface area (Å²) in [7, 11) is 1.23. The Morgan fingerprint density at radius 1 is 0.404 bits per heavy atom. The summed E-state index contributed by atoms with van der Waals surface area (Å²) < 4.78 is 23.4. The highest BCUT2D eigenvalue weighted by Crippen LogP contribution is 2.38. The second-order valence-electron chi connectivity index (χ2n) is 25.2. The first kappa shape index (κ1) is 85.1. The number of aliphatic hydroxyl groups is 1. The molecule has 0 aliphatic heterocycles. The number of hydrogen-bond donors (Lipinski definition) is 2. The van der Waals surface area contributed by atoms with Crippen LogP contribution in [0.4, 0.5) is 0 Å². The number of amides is 1. The van der Waals surface area contributed by atoms with E-state index in [0.29, 0.717) is 17.4 Å². The highest BCUT2D eigenvalue weighted by atomic mass is 31.2. The number of rotatable bonds is 65. The van der Waals surface area contributed by atoms with Gasteiger partial charge in [0.1, 0.15) is 13.2 Å². The van der Waals surface area contributed by atoms with E-state index in [4.69, 9.17) is 9.05 Å². The minimum absolute atomic E-state index is 0.0140. The Hall–Kier alpha value is -3.88. The van der Waals surface area contributed by atoms with E-state index >= 15 is 0 Å². The highest BCUT2D eigenvalue weighted by Gasteiger charge is 2.23. The molecule has 8 nitrogen and oxygen atoms in total. The maximum Gasteiger partial charge on any atom is 0.268 e. The molecule has 2 N–H and O–H groups in total. The summed E-state index contributed by atoms with van der Waals surface area (Å²) in [6.07, 6.45) is 106. The monoisotopic (exact) mass is 1250 g/mol. The van der Waals surface area contributed by atoms with Crippen LogP contribution in [0, 0.1) is 0 Å². The lowest BCUT2D eigenvalue weighted by molar-refractivity contribution is -0.870. The van der Waals surface area contributed by atoms with E-state index in [1.807, 2.05) is 27.2 Å². The van der Waals surface area contributed by atoms with Crippen LogP contribution < -0.4 is 10.2 Å². The molecule has 0 fully saturated rings. The number of likely N-dealkylation sites (N-methyl/N-ethyl adjacent to an activating group) is 1. The smallest absolute Gasteiger partial charge is 0.268 e. The number of allylic oxidation sites excluding steroid dienone is 25. The molecule has 9 heteroatoms. The number of nitrogens with zero attached hydrogens (tertiary/aromatic N) is 1. The molecule has 89 heavy (non-hydrogen) atoms. The van der Waals surface area contributed by atoms with Gasteiger partial charge in [-0.15, -0.1) is 0 Å². The Bertz CT molecular complexity index is 2010. The van der Waals surface area contributed by atoms with Gasteiger partial charge >= 0.3 is 0 Å². The van der Waals surface area contributed by atoms with Gasteiger partial charge in [0.25, 0.3) is 7.82 Å². The van der Waals surface area contributed by atoms with Crippen LogP contribution in [-0.4, -0.2) is 68.5 Å². The van der Waals surface area contributed by atoms with Crippen LogP contribution >= 0.6 is 7.82 Å². The predicted octanol–water partition coefficient (Wildman–Crippen LogP) is 23.1. The predicted molar refractivity (Wildman–Crippen MR) is 389 cm³/mol. The number of carbonyl (C=O) groups excluding carboxylic acids is 1. The van der Waals surface area contributed by atoms with Crippen LogP contribution in [-0.2, 0) is 18.4 Å². The van der Waals surface area contributed by atoms with Gasteiger partial charge in [-0.1, -0.05) is 332 Å². The quantitative estimate of drug-likeness (QED) is 0.0272. The van der Waals surface area contributed by atoms with Gasteiger partial charge in [-0.2, -0.15) is 0 Å². The molecule has 0 heterocycles. The first-order valence-electron chi connectivity index (χ1n) is 36.3. The summed E-state index contributed by atoms with van der Waals surface area (Å²) in [6.45, 7) is 4.53. The lowest BCUT2D eigenvalue weighted by Crippen LogP contribution is -2.45. The molecule has 0 aromatic rings. The van der Waals surface area contributed by atoms with E-state index in [9.17, 15) is 19.4 Å². The van der Waals surface area contributed by atoms with Crippen molar-refractivity contribution in [2.24, 2.45) is 0 Å². The molecule has 0 aromatic heterocycles. The number of carbonyl (C=O) groups is 1. The zero-order chi connectivity index (χ0) is 64.8. The minimum Gasteiger partial charge on any atom is -0.756 e. The Labute approximate surface area is 550 Å². The summed E-state index contributed by atoms with van der Waals surface area (Å²) >= 11 is 0. The summed E-state index contributed by atoms with van der Waals surface area (Å²) in [5.74, 6) is -0.225. The molecule has 3 unspecified atom stereocenters. The standard InChI is InChI=1S/C80H137N2O6P/c1-6-8-10-12-14-16-18-20-22-24-26-28-30-32-34-35-36-37-38-39-40-41-42-43-44-45-46-47-48-50-52-54-56-58-60-62-64-66-68-70-72-74-80(84)81-78(77-88-89(85,86)87-76-75-82(3,4)5)79(83)73-71-69-67-65-63-61-59-57-55-53-51-49-33-31-29-27-25-23-21-19-17-15-13-11-9-7-2/h8,10,14,16,20,22,26,28,32,34,36-37,39-40,42-43,45-46,48,50,54,56,60,62,71,73,78-79,83H,6-7,9,11-13,15,17-19,21,23-25,27,29-31,33,35,38,41,44,47,49,51-53,55,57-59,61,63-70,72,74-77H2,1-5H3,(H-,81,84,85,86)/b10-8-,16-14-,22-20-,28-26-,34-32-,37-36-,40-39-,43-42-,46-45-,50-48-,56-54-,62-60-,73-71+. The van der Waals surface area contributed by atoms with Crippen molar-refractivity contribution in [2.45, 2.75) is 302 Å². The zero-order valence-corrected chi connectivity index (χ0v) is 59.0. The number of nitrogens with one attached hydrogen (secondary N) is 1. The Balaban J connectivity index is 4.19. The van der Waals surface area contributed by atoms with Gasteiger partial charge in [0, 0.05) is 6.42 Å². The number of phosphoric acid groups is 1. The third-order valence-corrected chi connectivity index (χ3v) is 16.5. The third kappa shape index (κ3) is 71.4. The van der Waals surface area contributed by atoms with E-state index in [1.54, 1.807) is 6.08 Å². The molecule has 0 aliphatic rings. The molecule has 0 aliphatic carbocycles. The van der Waals surface area contributed by atoms with E-state index < -0.39 is 26.6 Å². The first-order chi connectivity index (χ1) is 43.5. The van der Waals surface area contributed by atoms with Gasteiger partial charge in [0.05, 0.1) is 39.9 Å². The van der Waals surface area contributed by atoms with Crippen LogP contribution in [0.3, 0.4) is 0 Å². The number of phosphoric ester groups is 1. The molecule has 0 saturated heterocycles. The Kier molecular flexibility index (Phi) is 65.5. The molecule has 1 amide bonds. The lowest BCUT2D eigenvalue weighted by Gasteiger charge is -2.29. The van der Waals surface area contributed by atoms with Crippen LogP contribution in [0.15, 0.2) is 158 Å². The zero-order valence-electron chi connectivity index (χ0n) is 58.1. The fourth-order valence-corrected chi connectivity index (χ4v) is 10.6. The molecule has 0 bridgehead atoms. The van der Waals surface area contributed by atoms with Crippen molar-refractivity contribution in [1.29, 1.82) is 0 Å². The van der Waals surface area contributed by atoms with Crippen molar-refractivity contribution in [3.8, 4) is 0 Å². The fourth-order valence-electron chi connectivity index (χ4n) is 9.90. The van der Waals surface area contributed by atoms with Crippen molar-refractivity contribution >= 4 is 13.7 Å². The molecular formula is C80H137N2O6P. The second kappa shape index (κ2) is 68.5. The first-order valence-corrected chi connectivity index (χ1v) is 37.8. The summed E-state index contributed by atoms with van der Waals surface area (Å²) in [4.78, 5) is 25.6. The van der Waals surface area contributed by atoms with E-state index in [-0.39, 0.29) is 12.5 Å². The second-order valence-corrected chi connectivity index (χ2v) is 26.6. The number of aliphatic hydroxyl groups excluding tert-OH is 1. The summed E-state index contributed by atoms with van der Waals surface area (Å²) in [5, 5.41) is 13.9. The van der Waals surface area contributed by atoms with E-state index in [2.05, 4.69) is 165 Å². The highest BCUT2D eigenvalue weighted by molar-refractivity contribution is 7.45. The molecule has 508 valence electrons. The summed E-state index contributed by atoms with van der Waals surface area (Å²) in [6, 6.07) is -0.914. The minimum atomic E-state index is -4.62. The van der Waals surface area contributed by atoms with Crippen LogP contribution in [0.25, 0.3) is 0 Å². The number of hydrogen-bond acceptors (Lipinski definition) is 6. The van der Waals surface area contributed by atoms with Crippen molar-refractivity contribution in [3.63, 3.8) is 0 Å². The van der Waals surface area contributed by atoms with Crippen molar-refractivity contribution in [1.82, 2.24) is 5.32 Å². The van der Waals surface area contributed by atoms with Crippen LogP contribution in [0.5, 0.6) is 0 Å². The Morgan fingerprint density at radius 3 is 1.00 bits per heavy atom. The van der Waals surface area contributed by atoms with Gasteiger partial charge < -0.3 is 28.8 Å². The average molecular weight is 1250 g/mol. The molecule has 0 rings (SSSR count). The molecule has 0 saturated carbocycles. The largest absolute Gasteiger partial charge is 0.756 e. The SMILES string of the molecule is CC/C=C\C/C=C\C/C=C\C/C=C\C/C=C\C/C=C\C/C=C\C/C=C\C/C=C\C/C=C\C/C=C\C/C=C\CCCCCCC(=O)NC(COP(=O)([O-])OCC[N+](C)(C)C)C(O)/C=C/CCCCCCCCCCCCCCCCCCCCCCCCCC. The van der Waals surface area contributed by atoms with E-state index in [0.717, 1.165) is 128 Å². The topological polar surface area (TPSA) is 108 Å².